The monoisotopic (exact) mass is 273 g/mol. The SMILES string of the molecule is Cc1cccc(OCCCC(=O)NCc2cn[nH]c2)c1. The first-order valence-corrected chi connectivity index (χ1v) is 6.68. The molecular weight excluding hydrogens is 254 g/mol. The van der Waals surface area contributed by atoms with Crippen LogP contribution in [0.15, 0.2) is 36.7 Å². The molecule has 1 aromatic heterocycles. The molecule has 2 aromatic rings. The summed E-state index contributed by atoms with van der Waals surface area (Å²) in [6.45, 7) is 3.08. The fourth-order valence-corrected chi connectivity index (χ4v) is 1.79. The van der Waals surface area contributed by atoms with E-state index in [1.165, 1.54) is 5.56 Å². The predicted octanol–water partition coefficient (Wildman–Crippen LogP) is 2.19. The number of nitrogens with one attached hydrogen (secondary N) is 2. The Labute approximate surface area is 118 Å². The van der Waals surface area contributed by atoms with Crippen molar-refractivity contribution in [1.82, 2.24) is 15.5 Å². The lowest BCUT2D eigenvalue weighted by Crippen LogP contribution is -2.22. The van der Waals surface area contributed by atoms with Gasteiger partial charge < -0.3 is 10.1 Å². The number of H-pyrrole nitrogens is 1. The number of carbonyl (C=O) groups is 1. The number of hydrogen-bond acceptors (Lipinski definition) is 3. The highest BCUT2D eigenvalue weighted by Crippen LogP contribution is 2.12. The fraction of sp³-hybridized carbons (Fsp3) is 0.333. The number of aryl methyl sites for hydroxylation is 1. The van der Waals surface area contributed by atoms with E-state index in [0.717, 1.165) is 11.3 Å². The van der Waals surface area contributed by atoms with Gasteiger partial charge >= 0.3 is 0 Å². The summed E-state index contributed by atoms with van der Waals surface area (Å²) in [5.74, 6) is 0.878. The Morgan fingerprint density at radius 1 is 1.45 bits per heavy atom. The van der Waals surface area contributed by atoms with Gasteiger partial charge in [0, 0.05) is 24.7 Å². The van der Waals surface area contributed by atoms with Gasteiger partial charge in [-0.2, -0.15) is 5.10 Å². The van der Waals surface area contributed by atoms with Crippen LogP contribution in [0.1, 0.15) is 24.0 Å². The molecule has 2 N–H and O–H groups in total. The Balaban J connectivity index is 1.59. The van der Waals surface area contributed by atoms with E-state index in [1.807, 2.05) is 31.2 Å². The lowest BCUT2D eigenvalue weighted by molar-refractivity contribution is -0.121. The first-order valence-electron chi connectivity index (χ1n) is 6.68. The lowest BCUT2D eigenvalue weighted by Gasteiger charge is -2.07. The van der Waals surface area contributed by atoms with Gasteiger partial charge in [-0.05, 0) is 31.0 Å². The van der Waals surface area contributed by atoms with Gasteiger partial charge in [-0.25, -0.2) is 0 Å². The molecule has 0 bridgehead atoms. The van der Waals surface area contributed by atoms with Crippen molar-refractivity contribution in [3.8, 4) is 5.75 Å². The third-order valence-electron chi connectivity index (χ3n) is 2.85. The van der Waals surface area contributed by atoms with E-state index in [9.17, 15) is 4.79 Å². The Hall–Kier alpha value is -2.30. The van der Waals surface area contributed by atoms with E-state index in [0.29, 0.717) is 26.0 Å². The third-order valence-corrected chi connectivity index (χ3v) is 2.85. The molecule has 0 saturated carbocycles. The third kappa shape index (κ3) is 4.76. The zero-order valence-electron chi connectivity index (χ0n) is 11.6. The van der Waals surface area contributed by atoms with E-state index >= 15 is 0 Å². The van der Waals surface area contributed by atoms with Gasteiger partial charge in [-0.1, -0.05) is 12.1 Å². The van der Waals surface area contributed by atoms with Crippen LogP contribution in [0.25, 0.3) is 0 Å². The normalized spacial score (nSPS) is 10.2. The zero-order chi connectivity index (χ0) is 14.2. The molecule has 2 rings (SSSR count). The standard InChI is InChI=1S/C15H19N3O2/c1-12-4-2-5-14(8-12)20-7-3-6-15(19)16-9-13-10-17-18-11-13/h2,4-5,8,10-11H,3,6-7,9H2,1H3,(H,16,19)(H,17,18). The largest absolute Gasteiger partial charge is 0.494 e. The molecule has 20 heavy (non-hydrogen) atoms. The molecule has 5 nitrogen and oxygen atoms in total. The Kier molecular flexibility index (Phi) is 5.17. The Bertz CT molecular complexity index is 538. The van der Waals surface area contributed by atoms with Crippen molar-refractivity contribution < 1.29 is 9.53 Å². The van der Waals surface area contributed by atoms with Gasteiger partial charge in [0.15, 0.2) is 0 Å². The highest BCUT2D eigenvalue weighted by molar-refractivity contribution is 5.75. The summed E-state index contributed by atoms with van der Waals surface area (Å²) >= 11 is 0. The van der Waals surface area contributed by atoms with Crippen LogP contribution in [0.2, 0.25) is 0 Å². The van der Waals surface area contributed by atoms with E-state index in [4.69, 9.17) is 4.74 Å². The first-order chi connectivity index (χ1) is 9.74. The van der Waals surface area contributed by atoms with Crippen LogP contribution in [0.5, 0.6) is 5.75 Å². The number of nitrogens with zero attached hydrogens (tertiary/aromatic N) is 1. The fourth-order valence-electron chi connectivity index (χ4n) is 1.79. The molecule has 0 aliphatic rings. The highest BCUT2D eigenvalue weighted by Gasteiger charge is 2.02. The molecule has 0 atom stereocenters. The van der Waals surface area contributed by atoms with Crippen LogP contribution in [0, 0.1) is 6.92 Å². The summed E-state index contributed by atoms with van der Waals surface area (Å²) in [5, 5.41) is 9.37. The number of ether oxygens (including phenoxy) is 1. The number of aromatic nitrogens is 2. The maximum absolute atomic E-state index is 11.6. The number of rotatable bonds is 7. The van der Waals surface area contributed by atoms with Crippen molar-refractivity contribution in [2.45, 2.75) is 26.3 Å². The minimum atomic E-state index is 0.0269. The summed E-state index contributed by atoms with van der Waals surface area (Å²) in [6.07, 6.45) is 4.62. The number of benzene rings is 1. The second-order valence-electron chi connectivity index (χ2n) is 4.65. The molecule has 0 saturated heterocycles. The minimum absolute atomic E-state index is 0.0269. The van der Waals surface area contributed by atoms with Crippen LogP contribution in [-0.4, -0.2) is 22.7 Å². The van der Waals surface area contributed by atoms with Crippen molar-refractivity contribution in [3.63, 3.8) is 0 Å². The average Bonchev–Trinajstić information content (AvgIpc) is 2.95. The summed E-state index contributed by atoms with van der Waals surface area (Å²) in [4.78, 5) is 11.6. The van der Waals surface area contributed by atoms with Gasteiger partial charge in [0.25, 0.3) is 0 Å². The van der Waals surface area contributed by atoms with Gasteiger partial charge in [0.1, 0.15) is 5.75 Å². The molecule has 1 aromatic carbocycles. The maximum atomic E-state index is 11.6. The van der Waals surface area contributed by atoms with Crippen molar-refractivity contribution in [3.05, 3.63) is 47.8 Å². The smallest absolute Gasteiger partial charge is 0.220 e. The van der Waals surface area contributed by atoms with Crippen molar-refractivity contribution in [2.24, 2.45) is 0 Å². The molecule has 106 valence electrons. The topological polar surface area (TPSA) is 67.0 Å². The first kappa shape index (κ1) is 14.1. The molecule has 1 heterocycles. The quantitative estimate of drug-likeness (QED) is 0.760. The van der Waals surface area contributed by atoms with E-state index in [2.05, 4.69) is 15.5 Å². The van der Waals surface area contributed by atoms with Crippen LogP contribution < -0.4 is 10.1 Å². The molecule has 0 aliphatic heterocycles. The predicted molar refractivity (Wildman–Crippen MR) is 76.3 cm³/mol. The zero-order valence-corrected chi connectivity index (χ0v) is 11.6. The second-order valence-corrected chi connectivity index (χ2v) is 4.65. The van der Waals surface area contributed by atoms with E-state index < -0.39 is 0 Å². The molecule has 0 spiro atoms. The summed E-state index contributed by atoms with van der Waals surface area (Å²) < 4.78 is 5.59. The molecule has 0 fully saturated rings. The number of carbonyl (C=O) groups excluding carboxylic acids is 1. The van der Waals surface area contributed by atoms with Gasteiger partial charge in [0.2, 0.25) is 5.91 Å². The summed E-state index contributed by atoms with van der Waals surface area (Å²) in [6, 6.07) is 7.89. The Morgan fingerprint density at radius 3 is 3.10 bits per heavy atom. The highest BCUT2D eigenvalue weighted by atomic mass is 16.5. The summed E-state index contributed by atoms with van der Waals surface area (Å²) in [7, 11) is 0. The number of aromatic amines is 1. The maximum Gasteiger partial charge on any atom is 0.220 e. The molecule has 5 heteroatoms. The van der Waals surface area contributed by atoms with Gasteiger partial charge in [-0.15, -0.1) is 0 Å². The molecule has 0 unspecified atom stereocenters. The van der Waals surface area contributed by atoms with Crippen LogP contribution >= 0.6 is 0 Å². The number of amides is 1. The van der Waals surface area contributed by atoms with Crippen molar-refractivity contribution in [2.75, 3.05) is 6.61 Å². The minimum Gasteiger partial charge on any atom is -0.494 e. The van der Waals surface area contributed by atoms with Crippen LogP contribution in [0.4, 0.5) is 0 Å². The Morgan fingerprint density at radius 2 is 2.35 bits per heavy atom. The average molecular weight is 273 g/mol. The van der Waals surface area contributed by atoms with Crippen LogP contribution in [0.3, 0.4) is 0 Å². The van der Waals surface area contributed by atoms with Gasteiger partial charge in [-0.3, -0.25) is 9.89 Å². The van der Waals surface area contributed by atoms with Crippen LogP contribution in [-0.2, 0) is 11.3 Å². The van der Waals surface area contributed by atoms with Gasteiger partial charge in [0.05, 0.1) is 12.8 Å². The van der Waals surface area contributed by atoms with E-state index in [1.54, 1.807) is 12.4 Å². The lowest BCUT2D eigenvalue weighted by atomic mass is 10.2. The van der Waals surface area contributed by atoms with E-state index in [-0.39, 0.29) is 5.91 Å². The number of hydrogen-bond donors (Lipinski definition) is 2. The molecule has 1 amide bonds. The van der Waals surface area contributed by atoms with Crippen molar-refractivity contribution >= 4 is 5.91 Å². The molecule has 0 aliphatic carbocycles. The van der Waals surface area contributed by atoms with Crippen molar-refractivity contribution in [1.29, 1.82) is 0 Å². The molecule has 0 radical (unpaired) electrons. The molecular formula is C15H19N3O2. The summed E-state index contributed by atoms with van der Waals surface area (Å²) in [5.41, 5.74) is 2.13. The second kappa shape index (κ2) is 7.33.